The van der Waals surface area contributed by atoms with Crippen LogP contribution in [0.25, 0.3) is 16.1 Å². The number of aryl methyl sites for hydroxylation is 1. The average Bonchev–Trinajstić information content (AvgIpc) is 3.99. The summed E-state index contributed by atoms with van der Waals surface area (Å²) in [6.07, 6.45) is 6.83. The van der Waals surface area contributed by atoms with Gasteiger partial charge in [0.05, 0.1) is 47.0 Å². The van der Waals surface area contributed by atoms with E-state index in [9.17, 15) is 29.4 Å². The number of aromatic nitrogens is 1. The summed E-state index contributed by atoms with van der Waals surface area (Å²) in [6, 6.07) is 20.6. The number of ether oxygens (including phenoxy) is 1. The molecule has 17 nitrogen and oxygen atoms in total. The molecule has 3 fully saturated rings. The second kappa shape index (κ2) is 25.7. The minimum Gasteiger partial charge on any atom is -0.872 e. The fourth-order valence-corrected chi connectivity index (χ4v) is 10.8. The van der Waals surface area contributed by atoms with Crippen molar-refractivity contribution < 1.29 is 34.1 Å². The van der Waals surface area contributed by atoms with Crippen LogP contribution in [0.3, 0.4) is 0 Å². The van der Waals surface area contributed by atoms with Gasteiger partial charge in [0, 0.05) is 64.2 Å². The Morgan fingerprint density at radius 2 is 1.55 bits per heavy atom. The molecule has 3 aliphatic rings. The number of thiazole rings is 1. The Kier molecular flexibility index (Phi) is 19.3. The standard InChI is InChI=1S/C57H78N10O7S/c1-37(40-21-23-41(24-22-40)52-38(2)61-36-75-52)62-55(72)48-30-42(68)33-67(48)56(73)53(57(3,4)5)63-50(70)19-10-8-6-7-9-11-20-51(71)65-27-25-64(26-28-65)32-39-15-14-16-43(29-39)74-44-34-66(35-44)47(54(59)60)31-46(58)45-17-12-13-18-49(45)69/h12-18,21-24,29,31,36-37,42,44,48,53,68-69H,6-11,19-20,25-28,30,32-35,58-60H2,1-5H3,(H,62,72)(H,63,70)/p-1/b46-31-/t37-,42+,48-,53+/m0/s1. The van der Waals surface area contributed by atoms with Gasteiger partial charge in [0.15, 0.2) is 0 Å². The van der Waals surface area contributed by atoms with Gasteiger partial charge >= 0.3 is 0 Å². The molecule has 404 valence electrons. The first-order valence-corrected chi connectivity index (χ1v) is 27.3. The van der Waals surface area contributed by atoms with E-state index in [1.807, 2.05) is 86.3 Å². The number of para-hydroxylation sites is 1. The fourth-order valence-electron chi connectivity index (χ4n) is 10.00. The largest absolute Gasteiger partial charge is 0.872 e. The average molecular weight is 1050 g/mol. The Bertz CT molecular complexity index is 2650. The molecule has 18 heteroatoms. The summed E-state index contributed by atoms with van der Waals surface area (Å²) in [7, 11) is 0. The molecular formula is C57H77N10O7S-. The van der Waals surface area contributed by atoms with Crippen molar-refractivity contribution in [3.8, 4) is 21.9 Å². The zero-order valence-corrected chi connectivity index (χ0v) is 45.1. The number of likely N-dealkylation sites (tertiary alicyclic amines) is 2. The molecule has 3 aromatic carbocycles. The number of benzene rings is 3. The van der Waals surface area contributed by atoms with E-state index >= 15 is 0 Å². The highest BCUT2D eigenvalue weighted by atomic mass is 32.1. The molecule has 9 N–H and O–H groups in total. The van der Waals surface area contributed by atoms with Crippen molar-refractivity contribution in [1.29, 1.82) is 0 Å². The number of piperazine rings is 1. The monoisotopic (exact) mass is 1050 g/mol. The Morgan fingerprint density at radius 3 is 2.20 bits per heavy atom. The van der Waals surface area contributed by atoms with E-state index in [1.54, 1.807) is 35.6 Å². The highest BCUT2D eigenvalue weighted by Gasteiger charge is 2.45. The zero-order valence-electron chi connectivity index (χ0n) is 44.3. The van der Waals surface area contributed by atoms with Crippen molar-refractivity contribution in [2.45, 2.75) is 129 Å². The lowest BCUT2D eigenvalue weighted by atomic mass is 9.85. The fraction of sp³-hybridized carbons (Fsp3) is 0.491. The van der Waals surface area contributed by atoms with Gasteiger partial charge < -0.3 is 57.5 Å². The highest BCUT2D eigenvalue weighted by molar-refractivity contribution is 7.13. The number of nitrogens with zero attached hydrogens (tertiary/aromatic N) is 5. The van der Waals surface area contributed by atoms with Crippen LogP contribution >= 0.6 is 11.3 Å². The number of rotatable bonds is 22. The van der Waals surface area contributed by atoms with Gasteiger partial charge in [-0.05, 0) is 72.6 Å². The van der Waals surface area contributed by atoms with E-state index in [1.165, 1.54) is 11.0 Å². The number of amides is 4. The zero-order chi connectivity index (χ0) is 53.8. The molecule has 4 amide bonds. The van der Waals surface area contributed by atoms with E-state index < -0.39 is 23.6 Å². The van der Waals surface area contributed by atoms with Crippen LogP contribution in [0.15, 0.2) is 95.9 Å². The van der Waals surface area contributed by atoms with Gasteiger partial charge in [0.25, 0.3) is 0 Å². The molecular weight excluding hydrogens is 969 g/mol. The maximum absolute atomic E-state index is 14.1. The lowest BCUT2D eigenvalue weighted by Gasteiger charge is -2.41. The minimum atomic E-state index is -0.876. The predicted octanol–water partition coefficient (Wildman–Crippen LogP) is 5.48. The third-order valence-electron chi connectivity index (χ3n) is 14.4. The molecule has 3 aliphatic heterocycles. The molecule has 0 radical (unpaired) electrons. The molecule has 0 spiro atoms. The maximum atomic E-state index is 14.1. The van der Waals surface area contributed by atoms with Crippen LogP contribution < -0.4 is 37.7 Å². The summed E-state index contributed by atoms with van der Waals surface area (Å²) in [5.74, 6) is -0.0243. The molecule has 1 aromatic heterocycles. The SMILES string of the molecule is Cc1ncsc1-c1ccc([C@H](C)NC(=O)[C@@H]2C[C@@H](O)CN2C(=O)[C@@H](NC(=O)CCCCCCCCC(=O)N2CCN(Cc3cccc(OC4CN(C(/C=C(\N)c5ccccc5[O-])=C(N)N)C4)c3)CC2)C(C)(C)C)cc1. The van der Waals surface area contributed by atoms with Crippen molar-refractivity contribution in [2.24, 2.45) is 22.6 Å². The number of allylic oxidation sites excluding steroid dienone is 1. The first-order chi connectivity index (χ1) is 35.8. The summed E-state index contributed by atoms with van der Waals surface area (Å²) in [6.45, 7) is 14.4. The van der Waals surface area contributed by atoms with Gasteiger partial charge in [-0.1, -0.05) is 113 Å². The van der Waals surface area contributed by atoms with Crippen molar-refractivity contribution in [3.05, 3.63) is 118 Å². The smallest absolute Gasteiger partial charge is 0.246 e. The van der Waals surface area contributed by atoms with Crippen LogP contribution in [0.1, 0.15) is 114 Å². The summed E-state index contributed by atoms with van der Waals surface area (Å²) < 4.78 is 6.30. The van der Waals surface area contributed by atoms with Crippen LogP contribution in [-0.2, 0) is 25.7 Å². The Balaban J connectivity index is 0.754. The summed E-state index contributed by atoms with van der Waals surface area (Å²) in [5.41, 5.74) is 24.8. The van der Waals surface area contributed by atoms with Crippen LogP contribution in [0, 0.1) is 12.3 Å². The number of nitrogens with two attached hydrogens (primary N) is 3. The van der Waals surface area contributed by atoms with Gasteiger partial charge in [-0.3, -0.25) is 24.1 Å². The maximum Gasteiger partial charge on any atom is 0.246 e. The second-order valence-electron chi connectivity index (χ2n) is 21.4. The topological polar surface area (TPSA) is 249 Å². The third kappa shape index (κ3) is 15.3. The van der Waals surface area contributed by atoms with Crippen LogP contribution in [0.4, 0.5) is 0 Å². The number of carbonyl (C=O) groups excluding carboxylic acids is 4. The van der Waals surface area contributed by atoms with E-state index in [0.29, 0.717) is 56.0 Å². The number of carbonyl (C=O) groups is 4. The van der Waals surface area contributed by atoms with Gasteiger partial charge in [0.2, 0.25) is 23.6 Å². The quantitative estimate of drug-likeness (QED) is 0.0423. The lowest BCUT2D eigenvalue weighted by molar-refractivity contribution is -0.268. The van der Waals surface area contributed by atoms with E-state index in [4.69, 9.17) is 21.9 Å². The highest BCUT2D eigenvalue weighted by Crippen LogP contribution is 2.31. The lowest BCUT2D eigenvalue weighted by Crippen LogP contribution is -2.57. The molecule has 0 saturated carbocycles. The number of β-amino-alcohol motifs (C(OH)–C–C–N with tert-alkyl or cyclic N) is 1. The molecule has 4 atom stereocenters. The summed E-state index contributed by atoms with van der Waals surface area (Å²) in [5, 5.41) is 29.0. The predicted molar refractivity (Wildman–Crippen MR) is 291 cm³/mol. The van der Waals surface area contributed by atoms with Gasteiger partial charge in [-0.2, -0.15) is 0 Å². The molecule has 75 heavy (non-hydrogen) atoms. The van der Waals surface area contributed by atoms with Crippen LogP contribution in [0.5, 0.6) is 11.5 Å². The van der Waals surface area contributed by atoms with Gasteiger partial charge in [0.1, 0.15) is 29.8 Å². The van der Waals surface area contributed by atoms with E-state index in [0.717, 1.165) is 84.7 Å². The van der Waals surface area contributed by atoms with Crippen LogP contribution in [-0.4, -0.2) is 123 Å². The Morgan fingerprint density at radius 1 is 0.867 bits per heavy atom. The first kappa shape index (κ1) is 56.1. The van der Waals surface area contributed by atoms with Gasteiger partial charge in [-0.15, -0.1) is 11.3 Å². The van der Waals surface area contributed by atoms with Crippen LogP contribution in [0.2, 0.25) is 0 Å². The number of hydrogen-bond donors (Lipinski definition) is 6. The van der Waals surface area contributed by atoms with Crippen molar-refractivity contribution >= 4 is 40.7 Å². The van der Waals surface area contributed by atoms with E-state index in [2.05, 4.69) is 32.7 Å². The molecule has 0 bridgehead atoms. The molecule has 0 aliphatic carbocycles. The minimum absolute atomic E-state index is 0.0155. The van der Waals surface area contributed by atoms with E-state index in [-0.39, 0.29) is 66.7 Å². The number of aliphatic hydroxyl groups is 1. The normalized spacial score (nSPS) is 18.3. The van der Waals surface area contributed by atoms with Crippen molar-refractivity contribution in [3.63, 3.8) is 0 Å². The first-order valence-electron chi connectivity index (χ1n) is 26.4. The third-order valence-corrected chi connectivity index (χ3v) is 15.4. The van der Waals surface area contributed by atoms with Crippen molar-refractivity contribution in [2.75, 3.05) is 45.8 Å². The Labute approximate surface area is 446 Å². The molecule has 3 saturated heterocycles. The second-order valence-corrected chi connectivity index (χ2v) is 22.2. The summed E-state index contributed by atoms with van der Waals surface area (Å²) >= 11 is 1.58. The number of nitrogens with one attached hydrogen (secondary N) is 2. The number of hydrogen-bond acceptors (Lipinski definition) is 14. The number of aliphatic hydroxyl groups excluding tert-OH is 1. The summed E-state index contributed by atoms with van der Waals surface area (Å²) in [4.78, 5) is 67.4. The molecule has 4 aromatic rings. The van der Waals surface area contributed by atoms with Crippen molar-refractivity contribution in [1.82, 2.24) is 35.2 Å². The Hall–Kier alpha value is -6.63. The molecule has 4 heterocycles. The van der Waals surface area contributed by atoms with Gasteiger partial charge in [-0.25, -0.2) is 4.98 Å². The number of unbranched alkanes of at least 4 members (excludes halogenated alkanes) is 5. The molecule has 7 rings (SSSR count). The molecule has 0 unspecified atom stereocenters.